The smallest absolute Gasteiger partial charge is 0.326 e. The molecule has 7 nitrogen and oxygen atoms in total. The summed E-state index contributed by atoms with van der Waals surface area (Å²) in [7, 11) is 0. The summed E-state index contributed by atoms with van der Waals surface area (Å²) >= 11 is 0. The van der Waals surface area contributed by atoms with Crippen LogP contribution in [0.5, 0.6) is 0 Å². The van der Waals surface area contributed by atoms with Gasteiger partial charge in [0.2, 0.25) is 11.8 Å². The molecule has 1 saturated heterocycles. The molecule has 0 radical (unpaired) electrons. The third-order valence-electron chi connectivity index (χ3n) is 4.11. The molecule has 1 aliphatic rings. The van der Waals surface area contributed by atoms with Gasteiger partial charge in [-0.3, -0.25) is 9.59 Å². The number of rotatable bonds is 7. The fourth-order valence-electron chi connectivity index (χ4n) is 2.89. The first-order chi connectivity index (χ1) is 10.6. The third kappa shape index (κ3) is 5.20. The summed E-state index contributed by atoms with van der Waals surface area (Å²) in [5, 5.41) is 11.7. The zero-order valence-corrected chi connectivity index (χ0v) is 14.4. The Morgan fingerprint density at radius 3 is 2.35 bits per heavy atom. The molecule has 7 heteroatoms. The topological polar surface area (TPSA) is 113 Å². The van der Waals surface area contributed by atoms with Crippen molar-refractivity contribution in [2.45, 2.75) is 65.1 Å². The number of nitrogens with one attached hydrogen (secondary N) is 1. The Morgan fingerprint density at radius 1 is 1.26 bits per heavy atom. The Labute approximate surface area is 137 Å². The number of likely N-dealkylation sites (tertiary alicyclic amines) is 1. The van der Waals surface area contributed by atoms with Crippen LogP contribution in [0, 0.1) is 11.8 Å². The van der Waals surface area contributed by atoms with Crippen molar-refractivity contribution in [3.63, 3.8) is 0 Å². The monoisotopic (exact) mass is 327 g/mol. The van der Waals surface area contributed by atoms with Crippen molar-refractivity contribution in [3.05, 3.63) is 0 Å². The van der Waals surface area contributed by atoms with Gasteiger partial charge in [0.15, 0.2) is 0 Å². The van der Waals surface area contributed by atoms with Crippen molar-refractivity contribution >= 4 is 17.8 Å². The average molecular weight is 327 g/mol. The number of hydrogen-bond acceptors (Lipinski definition) is 4. The summed E-state index contributed by atoms with van der Waals surface area (Å²) in [4.78, 5) is 37.6. The van der Waals surface area contributed by atoms with Crippen molar-refractivity contribution < 1.29 is 19.5 Å². The molecule has 0 spiro atoms. The molecule has 3 atom stereocenters. The minimum atomic E-state index is -1.07. The second-order valence-electron chi connectivity index (χ2n) is 6.99. The van der Waals surface area contributed by atoms with Crippen molar-refractivity contribution in [2.75, 3.05) is 6.54 Å². The zero-order valence-electron chi connectivity index (χ0n) is 14.4. The molecule has 132 valence electrons. The number of nitrogens with zero attached hydrogens (tertiary/aromatic N) is 1. The summed E-state index contributed by atoms with van der Waals surface area (Å²) in [5.74, 6) is -1.64. The predicted octanol–water partition coefficient (Wildman–Crippen LogP) is 0.576. The molecule has 0 aliphatic carbocycles. The minimum Gasteiger partial charge on any atom is -0.480 e. The highest BCUT2D eigenvalue weighted by molar-refractivity contribution is 5.92. The Hall–Kier alpha value is -1.63. The number of amides is 2. The lowest BCUT2D eigenvalue weighted by atomic mass is 10.0. The molecule has 1 rings (SSSR count). The van der Waals surface area contributed by atoms with E-state index in [4.69, 9.17) is 5.73 Å². The molecular formula is C16H29N3O4. The van der Waals surface area contributed by atoms with Gasteiger partial charge >= 0.3 is 5.97 Å². The van der Waals surface area contributed by atoms with Crippen LogP contribution in [0.1, 0.15) is 47.0 Å². The maximum Gasteiger partial charge on any atom is 0.326 e. The molecule has 1 aliphatic heterocycles. The lowest BCUT2D eigenvalue weighted by Gasteiger charge is -2.28. The number of nitrogens with two attached hydrogens (primary N) is 1. The normalized spacial score (nSPS) is 20.7. The molecule has 0 aromatic rings. The van der Waals surface area contributed by atoms with E-state index in [0.29, 0.717) is 25.3 Å². The van der Waals surface area contributed by atoms with Crippen molar-refractivity contribution in [1.29, 1.82) is 0 Å². The molecule has 0 aromatic heterocycles. The van der Waals surface area contributed by atoms with E-state index in [1.54, 1.807) is 13.8 Å². The second kappa shape index (κ2) is 8.29. The Bertz CT molecular complexity index is 451. The van der Waals surface area contributed by atoms with Gasteiger partial charge in [0.1, 0.15) is 12.1 Å². The van der Waals surface area contributed by atoms with Crippen LogP contribution >= 0.6 is 0 Å². The van der Waals surface area contributed by atoms with E-state index in [2.05, 4.69) is 5.32 Å². The lowest BCUT2D eigenvalue weighted by Crippen LogP contribution is -2.55. The van der Waals surface area contributed by atoms with Gasteiger partial charge in [0.25, 0.3) is 0 Å². The van der Waals surface area contributed by atoms with Crippen molar-refractivity contribution in [3.8, 4) is 0 Å². The molecule has 1 fully saturated rings. The number of carbonyl (C=O) groups excluding carboxylic acids is 2. The summed E-state index contributed by atoms with van der Waals surface area (Å²) in [6.07, 6.45) is 1.82. The van der Waals surface area contributed by atoms with Crippen molar-refractivity contribution in [1.82, 2.24) is 10.2 Å². The van der Waals surface area contributed by atoms with Crippen LogP contribution in [-0.4, -0.2) is 52.5 Å². The maximum absolute atomic E-state index is 12.5. The quantitative estimate of drug-likeness (QED) is 0.633. The summed E-state index contributed by atoms with van der Waals surface area (Å²) in [5.41, 5.74) is 5.94. The first-order valence-corrected chi connectivity index (χ1v) is 8.24. The van der Waals surface area contributed by atoms with Crippen LogP contribution in [0.4, 0.5) is 0 Å². The van der Waals surface area contributed by atoms with E-state index in [0.717, 1.165) is 6.42 Å². The van der Waals surface area contributed by atoms with Gasteiger partial charge in [-0.1, -0.05) is 27.7 Å². The maximum atomic E-state index is 12.5. The number of carbonyl (C=O) groups is 3. The highest BCUT2D eigenvalue weighted by Gasteiger charge is 2.37. The third-order valence-corrected chi connectivity index (χ3v) is 4.11. The predicted molar refractivity (Wildman–Crippen MR) is 86.6 cm³/mol. The molecule has 4 N–H and O–H groups in total. The molecule has 1 heterocycles. The minimum absolute atomic E-state index is 0.229. The first kappa shape index (κ1) is 19.4. The van der Waals surface area contributed by atoms with E-state index in [1.165, 1.54) is 4.90 Å². The van der Waals surface area contributed by atoms with Gasteiger partial charge in [0, 0.05) is 6.54 Å². The fourth-order valence-corrected chi connectivity index (χ4v) is 2.89. The van der Waals surface area contributed by atoms with Crippen LogP contribution in [0.2, 0.25) is 0 Å². The molecule has 0 bridgehead atoms. The van der Waals surface area contributed by atoms with E-state index < -0.39 is 30.0 Å². The molecule has 0 saturated carbocycles. The van der Waals surface area contributed by atoms with Crippen LogP contribution < -0.4 is 11.1 Å². The van der Waals surface area contributed by atoms with Gasteiger partial charge in [-0.2, -0.15) is 0 Å². The van der Waals surface area contributed by atoms with Crippen LogP contribution in [0.25, 0.3) is 0 Å². The Morgan fingerprint density at radius 2 is 1.87 bits per heavy atom. The largest absolute Gasteiger partial charge is 0.480 e. The SMILES string of the molecule is CC(C)CC(N)C(=O)N1CCCC1C(=O)NC(C(=O)O)C(C)C. The molecule has 23 heavy (non-hydrogen) atoms. The number of carboxylic acids is 1. The van der Waals surface area contributed by atoms with Crippen LogP contribution in [0.3, 0.4) is 0 Å². The average Bonchev–Trinajstić information content (AvgIpc) is 2.91. The van der Waals surface area contributed by atoms with E-state index in [9.17, 15) is 19.5 Å². The first-order valence-electron chi connectivity index (χ1n) is 8.24. The second-order valence-corrected chi connectivity index (χ2v) is 6.99. The Kier molecular flexibility index (Phi) is 7.00. The molecular weight excluding hydrogens is 298 g/mol. The van der Waals surface area contributed by atoms with Gasteiger partial charge in [-0.05, 0) is 31.1 Å². The lowest BCUT2D eigenvalue weighted by molar-refractivity contribution is -0.145. The summed E-state index contributed by atoms with van der Waals surface area (Å²) < 4.78 is 0. The van der Waals surface area contributed by atoms with Gasteiger partial charge < -0.3 is 21.1 Å². The van der Waals surface area contributed by atoms with Crippen LogP contribution in [-0.2, 0) is 14.4 Å². The van der Waals surface area contributed by atoms with Crippen LogP contribution in [0.15, 0.2) is 0 Å². The zero-order chi connectivity index (χ0) is 17.7. The fraction of sp³-hybridized carbons (Fsp3) is 0.812. The van der Waals surface area contributed by atoms with E-state index >= 15 is 0 Å². The van der Waals surface area contributed by atoms with Gasteiger partial charge in [-0.15, -0.1) is 0 Å². The van der Waals surface area contributed by atoms with Gasteiger partial charge in [0.05, 0.1) is 6.04 Å². The molecule has 2 amide bonds. The van der Waals surface area contributed by atoms with E-state index in [-0.39, 0.29) is 11.8 Å². The molecule has 0 aromatic carbocycles. The number of aliphatic carboxylic acids is 1. The number of hydrogen-bond donors (Lipinski definition) is 3. The number of carboxylic acid groups (broad SMARTS) is 1. The van der Waals surface area contributed by atoms with E-state index in [1.807, 2.05) is 13.8 Å². The molecule has 3 unspecified atom stereocenters. The highest BCUT2D eigenvalue weighted by atomic mass is 16.4. The summed E-state index contributed by atoms with van der Waals surface area (Å²) in [6.45, 7) is 7.93. The Balaban J connectivity index is 2.76. The standard InChI is InChI=1S/C16H29N3O4/c1-9(2)8-11(17)15(21)19-7-5-6-12(19)14(20)18-13(10(3)4)16(22)23/h9-13H,5-8,17H2,1-4H3,(H,18,20)(H,22,23). The summed E-state index contributed by atoms with van der Waals surface area (Å²) in [6, 6.07) is -2.20. The van der Waals surface area contributed by atoms with Gasteiger partial charge in [-0.25, -0.2) is 4.79 Å². The van der Waals surface area contributed by atoms with Crippen molar-refractivity contribution in [2.24, 2.45) is 17.6 Å². The highest BCUT2D eigenvalue weighted by Crippen LogP contribution is 2.20.